The van der Waals surface area contributed by atoms with E-state index in [4.69, 9.17) is 4.74 Å². The number of nitrogens with zero attached hydrogens (tertiary/aromatic N) is 1. The number of alkyl carbamates (subject to hydrolysis) is 1. The van der Waals surface area contributed by atoms with Gasteiger partial charge in [-0.2, -0.15) is 0 Å². The molecule has 212 valence electrons. The normalized spacial score (nSPS) is 15.6. The van der Waals surface area contributed by atoms with Crippen LogP contribution in [0.15, 0.2) is 54.6 Å². The van der Waals surface area contributed by atoms with Crippen LogP contribution in [0.5, 0.6) is 5.75 Å². The van der Waals surface area contributed by atoms with E-state index < -0.39 is 42.2 Å². The molecule has 3 amide bonds. The summed E-state index contributed by atoms with van der Waals surface area (Å²) >= 11 is 0. The first-order valence-electron chi connectivity index (χ1n) is 13.6. The van der Waals surface area contributed by atoms with Crippen LogP contribution < -0.4 is 10.6 Å². The Kier molecular flexibility index (Phi) is 10.7. The largest absolute Gasteiger partial charge is 0.508 e. The third kappa shape index (κ3) is 9.28. The Hall–Kier alpha value is -3.59. The van der Waals surface area contributed by atoms with Crippen molar-refractivity contribution in [2.45, 2.75) is 83.0 Å². The number of rotatable bonds is 10. The van der Waals surface area contributed by atoms with E-state index in [1.807, 2.05) is 30.3 Å². The highest BCUT2D eigenvalue weighted by Gasteiger charge is 2.37. The van der Waals surface area contributed by atoms with Gasteiger partial charge in [0.25, 0.3) is 0 Å². The molecule has 0 spiro atoms. The van der Waals surface area contributed by atoms with Gasteiger partial charge in [0, 0.05) is 19.0 Å². The summed E-state index contributed by atoms with van der Waals surface area (Å²) in [5.41, 5.74) is 0.427. The Morgan fingerprint density at radius 3 is 2.33 bits per heavy atom. The minimum absolute atomic E-state index is 0.0165. The fourth-order valence-electron chi connectivity index (χ4n) is 4.87. The number of aliphatic hydroxyl groups is 1. The van der Waals surface area contributed by atoms with Gasteiger partial charge in [-0.3, -0.25) is 9.59 Å². The highest BCUT2D eigenvalue weighted by molar-refractivity contribution is 5.92. The quantitative estimate of drug-likeness (QED) is 0.363. The van der Waals surface area contributed by atoms with Gasteiger partial charge in [0.05, 0.1) is 6.61 Å². The molecule has 1 aliphatic carbocycles. The average molecular weight is 540 g/mol. The summed E-state index contributed by atoms with van der Waals surface area (Å²) in [6, 6.07) is 13.2. The van der Waals surface area contributed by atoms with Crippen molar-refractivity contribution in [3.05, 3.63) is 65.7 Å². The Morgan fingerprint density at radius 1 is 1.03 bits per heavy atom. The predicted molar refractivity (Wildman–Crippen MR) is 148 cm³/mol. The number of aliphatic hydroxyl groups excluding tert-OH is 1. The number of hydrogen-bond donors (Lipinski definition) is 4. The van der Waals surface area contributed by atoms with Crippen molar-refractivity contribution >= 4 is 17.9 Å². The fourth-order valence-corrected chi connectivity index (χ4v) is 4.87. The summed E-state index contributed by atoms with van der Waals surface area (Å²) < 4.78 is 5.42. The molecule has 39 heavy (non-hydrogen) atoms. The molecule has 0 bridgehead atoms. The second-order valence-electron chi connectivity index (χ2n) is 11.0. The Balaban J connectivity index is 1.97. The van der Waals surface area contributed by atoms with Gasteiger partial charge in [-0.15, -0.1) is 0 Å². The number of amides is 3. The maximum absolute atomic E-state index is 14.1. The zero-order valence-corrected chi connectivity index (χ0v) is 23.1. The Bertz CT molecular complexity index is 1100. The summed E-state index contributed by atoms with van der Waals surface area (Å²) in [7, 11) is 0. The molecule has 1 aliphatic rings. The summed E-state index contributed by atoms with van der Waals surface area (Å²) in [6.07, 6.45) is 4.24. The molecule has 1 fully saturated rings. The zero-order valence-electron chi connectivity index (χ0n) is 23.1. The number of hydrogen-bond acceptors (Lipinski definition) is 6. The molecule has 3 rings (SSSR count). The van der Waals surface area contributed by atoms with E-state index in [9.17, 15) is 24.6 Å². The maximum atomic E-state index is 14.1. The molecule has 2 atom stereocenters. The highest BCUT2D eigenvalue weighted by Crippen LogP contribution is 2.27. The van der Waals surface area contributed by atoms with Gasteiger partial charge < -0.3 is 30.5 Å². The SMILES string of the molecule is CC(C)(C)OC(=O)NC(Cc1ccccc1)C(=O)N(CCO)C(C(=O)NC1CCCCC1)c1cccc(O)c1. The van der Waals surface area contributed by atoms with Gasteiger partial charge in [-0.05, 0) is 56.9 Å². The van der Waals surface area contributed by atoms with E-state index in [1.165, 1.54) is 17.0 Å². The zero-order chi connectivity index (χ0) is 28.4. The molecule has 2 aromatic carbocycles. The summed E-state index contributed by atoms with van der Waals surface area (Å²) in [5, 5.41) is 25.9. The number of phenolic OH excluding ortho intramolecular Hbond substituents is 1. The first-order valence-corrected chi connectivity index (χ1v) is 13.6. The molecule has 0 aliphatic heterocycles. The lowest BCUT2D eigenvalue weighted by Gasteiger charge is -2.35. The van der Waals surface area contributed by atoms with Crippen LogP contribution in [-0.2, 0) is 20.7 Å². The molecule has 4 N–H and O–H groups in total. The number of carbonyl (C=O) groups excluding carboxylic acids is 3. The van der Waals surface area contributed by atoms with Gasteiger partial charge in [-0.1, -0.05) is 61.7 Å². The molecule has 1 saturated carbocycles. The van der Waals surface area contributed by atoms with E-state index in [0.717, 1.165) is 37.7 Å². The third-order valence-corrected chi connectivity index (χ3v) is 6.59. The summed E-state index contributed by atoms with van der Waals surface area (Å²) in [5.74, 6) is -0.997. The monoisotopic (exact) mass is 539 g/mol. The summed E-state index contributed by atoms with van der Waals surface area (Å²) in [4.78, 5) is 41.9. The number of carbonyl (C=O) groups is 3. The molecule has 2 unspecified atom stereocenters. The Labute approximate surface area is 230 Å². The van der Waals surface area contributed by atoms with Crippen LogP contribution in [0.3, 0.4) is 0 Å². The predicted octanol–water partition coefficient (Wildman–Crippen LogP) is 3.84. The number of aromatic hydroxyl groups is 1. The van der Waals surface area contributed by atoms with Crippen LogP contribution in [0.4, 0.5) is 4.79 Å². The lowest BCUT2D eigenvalue weighted by Crippen LogP contribution is -2.55. The minimum Gasteiger partial charge on any atom is -0.508 e. The summed E-state index contributed by atoms with van der Waals surface area (Å²) in [6.45, 7) is 4.63. The van der Waals surface area contributed by atoms with E-state index in [1.54, 1.807) is 32.9 Å². The van der Waals surface area contributed by atoms with Gasteiger partial charge in [0.2, 0.25) is 11.8 Å². The van der Waals surface area contributed by atoms with Crippen molar-refractivity contribution in [1.82, 2.24) is 15.5 Å². The second-order valence-corrected chi connectivity index (χ2v) is 11.0. The molecule has 9 nitrogen and oxygen atoms in total. The first-order chi connectivity index (χ1) is 18.6. The van der Waals surface area contributed by atoms with Gasteiger partial charge in [-0.25, -0.2) is 4.79 Å². The standard InChI is InChI=1S/C30H41N3O6/c1-30(2,3)39-29(38)32-25(19-21-11-6-4-7-12-21)28(37)33(17-18-34)26(22-13-10-16-24(35)20-22)27(36)31-23-14-8-5-9-15-23/h4,6-7,10-13,16,20,23,25-26,34-35H,5,8-9,14-15,17-19H2,1-3H3,(H,31,36)(H,32,38). The van der Waals surface area contributed by atoms with E-state index in [2.05, 4.69) is 10.6 Å². The third-order valence-electron chi connectivity index (χ3n) is 6.59. The van der Waals surface area contributed by atoms with Crippen LogP contribution in [0.2, 0.25) is 0 Å². The molecular formula is C30H41N3O6. The molecule has 9 heteroatoms. The maximum Gasteiger partial charge on any atom is 0.408 e. The van der Waals surface area contributed by atoms with Crippen LogP contribution in [0.25, 0.3) is 0 Å². The van der Waals surface area contributed by atoms with Crippen molar-refractivity contribution in [2.24, 2.45) is 0 Å². The number of benzene rings is 2. The fraction of sp³-hybridized carbons (Fsp3) is 0.500. The average Bonchev–Trinajstić information content (AvgIpc) is 2.88. The topological polar surface area (TPSA) is 128 Å². The lowest BCUT2D eigenvalue weighted by molar-refractivity contribution is -0.143. The Morgan fingerprint density at radius 2 is 1.72 bits per heavy atom. The first kappa shape index (κ1) is 30.0. The van der Waals surface area contributed by atoms with Crippen molar-refractivity contribution in [3.8, 4) is 5.75 Å². The van der Waals surface area contributed by atoms with Crippen molar-refractivity contribution in [2.75, 3.05) is 13.2 Å². The van der Waals surface area contributed by atoms with E-state index >= 15 is 0 Å². The molecule has 0 aromatic heterocycles. The van der Waals surface area contributed by atoms with Crippen LogP contribution in [-0.4, -0.2) is 63.9 Å². The number of nitrogens with one attached hydrogen (secondary N) is 2. The number of ether oxygens (including phenoxy) is 1. The van der Waals surface area contributed by atoms with Crippen LogP contribution >= 0.6 is 0 Å². The highest BCUT2D eigenvalue weighted by atomic mass is 16.6. The second kappa shape index (κ2) is 14.0. The van der Waals surface area contributed by atoms with E-state index in [0.29, 0.717) is 5.56 Å². The lowest BCUT2D eigenvalue weighted by atomic mass is 9.94. The smallest absolute Gasteiger partial charge is 0.408 e. The molecule has 2 aromatic rings. The van der Waals surface area contributed by atoms with Gasteiger partial charge in [0.15, 0.2) is 0 Å². The van der Waals surface area contributed by atoms with E-state index in [-0.39, 0.29) is 24.8 Å². The molecular weight excluding hydrogens is 498 g/mol. The van der Waals surface area contributed by atoms with Crippen LogP contribution in [0.1, 0.15) is 70.0 Å². The molecule has 0 radical (unpaired) electrons. The van der Waals surface area contributed by atoms with Gasteiger partial charge >= 0.3 is 6.09 Å². The van der Waals surface area contributed by atoms with Crippen molar-refractivity contribution in [3.63, 3.8) is 0 Å². The number of phenols is 1. The molecule has 0 saturated heterocycles. The van der Waals surface area contributed by atoms with Crippen molar-refractivity contribution < 1.29 is 29.3 Å². The molecule has 0 heterocycles. The van der Waals surface area contributed by atoms with Gasteiger partial charge in [0.1, 0.15) is 23.4 Å². The minimum atomic E-state index is -1.13. The van der Waals surface area contributed by atoms with Crippen molar-refractivity contribution in [1.29, 1.82) is 0 Å². The van der Waals surface area contributed by atoms with Crippen LogP contribution in [0, 0.1) is 0 Å².